The number of hydrogen-bond donors (Lipinski definition) is 1. The van der Waals surface area contributed by atoms with Crippen LogP contribution in [0.4, 0.5) is 10.1 Å². The molecule has 0 amide bonds. The molecule has 2 aromatic rings. The summed E-state index contributed by atoms with van der Waals surface area (Å²) in [6.45, 7) is 2.08. The summed E-state index contributed by atoms with van der Waals surface area (Å²) in [6.07, 6.45) is 0. The fourth-order valence-electron chi connectivity index (χ4n) is 1.70. The van der Waals surface area contributed by atoms with Crippen molar-refractivity contribution in [2.75, 3.05) is 11.9 Å². The van der Waals surface area contributed by atoms with Gasteiger partial charge in [-0.15, -0.1) is 0 Å². The zero-order valence-electron chi connectivity index (χ0n) is 10.4. The lowest BCUT2D eigenvalue weighted by Crippen LogP contribution is -2.14. The number of halogens is 2. The van der Waals surface area contributed by atoms with E-state index in [4.69, 9.17) is 11.6 Å². The van der Waals surface area contributed by atoms with Gasteiger partial charge in [-0.05, 0) is 48.9 Å². The first-order valence-electron chi connectivity index (χ1n) is 5.85. The second-order valence-electron chi connectivity index (χ2n) is 4.24. The molecule has 0 fully saturated rings. The van der Waals surface area contributed by atoms with Crippen molar-refractivity contribution in [1.82, 2.24) is 0 Å². The van der Waals surface area contributed by atoms with Crippen molar-refractivity contribution in [3.05, 3.63) is 64.4 Å². The molecular formula is C15H13ClFNO. The Balaban J connectivity index is 2.04. The normalized spacial score (nSPS) is 10.3. The van der Waals surface area contributed by atoms with Crippen molar-refractivity contribution in [3.63, 3.8) is 0 Å². The number of anilines is 1. The van der Waals surface area contributed by atoms with E-state index in [1.165, 1.54) is 24.3 Å². The van der Waals surface area contributed by atoms with Gasteiger partial charge in [0.25, 0.3) is 0 Å². The van der Waals surface area contributed by atoms with E-state index in [1.807, 2.05) is 13.0 Å². The minimum absolute atomic E-state index is 0.0978. The monoisotopic (exact) mass is 277 g/mol. The van der Waals surface area contributed by atoms with Gasteiger partial charge < -0.3 is 5.32 Å². The molecule has 0 spiro atoms. The van der Waals surface area contributed by atoms with Crippen LogP contribution in [0.1, 0.15) is 15.9 Å². The molecule has 2 aromatic carbocycles. The molecule has 0 saturated carbocycles. The van der Waals surface area contributed by atoms with Crippen LogP contribution in [-0.2, 0) is 0 Å². The molecule has 0 aliphatic rings. The average Bonchev–Trinajstić information content (AvgIpc) is 2.40. The third kappa shape index (κ3) is 3.55. The van der Waals surface area contributed by atoms with E-state index >= 15 is 0 Å². The molecule has 1 N–H and O–H groups in total. The fourth-order valence-corrected chi connectivity index (χ4v) is 1.87. The summed E-state index contributed by atoms with van der Waals surface area (Å²) in [6, 6.07) is 11.0. The van der Waals surface area contributed by atoms with Gasteiger partial charge in [-0.2, -0.15) is 0 Å². The molecule has 19 heavy (non-hydrogen) atoms. The highest BCUT2D eigenvalue weighted by molar-refractivity contribution is 6.30. The highest BCUT2D eigenvalue weighted by Crippen LogP contribution is 2.20. The zero-order chi connectivity index (χ0) is 13.8. The predicted molar refractivity (Wildman–Crippen MR) is 75.4 cm³/mol. The minimum atomic E-state index is -0.352. The molecule has 0 atom stereocenters. The Morgan fingerprint density at radius 2 is 1.89 bits per heavy atom. The summed E-state index contributed by atoms with van der Waals surface area (Å²) in [5.74, 6) is -0.449. The Morgan fingerprint density at radius 1 is 1.21 bits per heavy atom. The summed E-state index contributed by atoms with van der Waals surface area (Å²) in [5, 5.41) is 3.65. The second-order valence-corrected chi connectivity index (χ2v) is 4.68. The summed E-state index contributed by atoms with van der Waals surface area (Å²) in [7, 11) is 0. The van der Waals surface area contributed by atoms with Crippen molar-refractivity contribution in [3.8, 4) is 0 Å². The van der Waals surface area contributed by atoms with Gasteiger partial charge in [0.2, 0.25) is 0 Å². The van der Waals surface area contributed by atoms with Crippen LogP contribution in [0.25, 0.3) is 0 Å². The van der Waals surface area contributed by atoms with E-state index in [1.54, 1.807) is 12.1 Å². The molecule has 0 heterocycles. The van der Waals surface area contributed by atoms with Gasteiger partial charge in [-0.1, -0.05) is 17.7 Å². The molecule has 4 heteroatoms. The Labute approximate surface area is 116 Å². The molecule has 0 saturated heterocycles. The van der Waals surface area contributed by atoms with E-state index in [-0.39, 0.29) is 18.1 Å². The molecule has 0 unspecified atom stereocenters. The Bertz CT molecular complexity index is 596. The molecule has 2 nitrogen and oxygen atoms in total. The summed E-state index contributed by atoms with van der Waals surface area (Å²) in [5.41, 5.74) is 2.31. The lowest BCUT2D eigenvalue weighted by atomic mass is 10.1. The number of rotatable bonds is 4. The van der Waals surface area contributed by atoms with Crippen LogP contribution in [0.3, 0.4) is 0 Å². The lowest BCUT2D eigenvalue weighted by molar-refractivity contribution is 0.101. The second kappa shape index (κ2) is 5.85. The van der Waals surface area contributed by atoms with E-state index in [0.29, 0.717) is 10.6 Å². The average molecular weight is 278 g/mol. The smallest absolute Gasteiger partial charge is 0.181 e. The number of carbonyl (C=O) groups is 1. The molecule has 0 aromatic heterocycles. The van der Waals surface area contributed by atoms with E-state index in [0.717, 1.165) is 11.3 Å². The quantitative estimate of drug-likeness (QED) is 0.853. The number of hydrogen-bond acceptors (Lipinski definition) is 2. The van der Waals surface area contributed by atoms with Crippen molar-refractivity contribution < 1.29 is 9.18 Å². The van der Waals surface area contributed by atoms with Gasteiger partial charge in [0.15, 0.2) is 5.78 Å². The standard InChI is InChI=1S/C15H13ClFNO/c1-10-2-5-12(16)8-14(10)18-9-15(19)11-3-6-13(17)7-4-11/h2-8,18H,9H2,1H3. The maximum absolute atomic E-state index is 12.8. The zero-order valence-corrected chi connectivity index (χ0v) is 11.2. The number of nitrogens with one attached hydrogen (secondary N) is 1. The van der Waals surface area contributed by atoms with Gasteiger partial charge in [0.05, 0.1) is 6.54 Å². The number of Topliss-reactive ketones (excluding diaryl/α,β-unsaturated/α-hetero) is 1. The van der Waals surface area contributed by atoms with E-state index in [9.17, 15) is 9.18 Å². The van der Waals surface area contributed by atoms with Crippen LogP contribution in [-0.4, -0.2) is 12.3 Å². The number of aryl methyl sites for hydroxylation is 1. The van der Waals surface area contributed by atoms with Crippen molar-refractivity contribution in [2.45, 2.75) is 6.92 Å². The fraction of sp³-hybridized carbons (Fsp3) is 0.133. The van der Waals surface area contributed by atoms with Crippen LogP contribution in [0.2, 0.25) is 5.02 Å². The van der Waals surface area contributed by atoms with E-state index < -0.39 is 0 Å². The summed E-state index contributed by atoms with van der Waals surface area (Å²) in [4.78, 5) is 11.9. The molecule has 98 valence electrons. The Kier molecular flexibility index (Phi) is 4.17. The van der Waals surface area contributed by atoms with Gasteiger partial charge in [0, 0.05) is 16.3 Å². The first kappa shape index (κ1) is 13.6. The molecule has 0 aliphatic carbocycles. The van der Waals surface area contributed by atoms with Crippen LogP contribution in [0.5, 0.6) is 0 Å². The number of carbonyl (C=O) groups excluding carboxylic acids is 1. The predicted octanol–water partition coefficient (Wildman–Crippen LogP) is 4.08. The van der Waals surface area contributed by atoms with Crippen LogP contribution < -0.4 is 5.32 Å². The van der Waals surface area contributed by atoms with Gasteiger partial charge in [-0.3, -0.25) is 4.79 Å². The molecule has 0 radical (unpaired) electrons. The molecule has 2 rings (SSSR count). The van der Waals surface area contributed by atoms with Crippen molar-refractivity contribution in [2.24, 2.45) is 0 Å². The topological polar surface area (TPSA) is 29.1 Å². The van der Waals surface area contributed by atoms with Gasteiger partial charge in [-0.25, -0.2) is 4.39 Å². The van der Waals surface area contributed by atoms with Crippen molar-refractivity contribution in [1.29, 1.82) is 0 Å². The van der Waals surface area contributed by atoms with Gasteiger partial charge in [0.1, 0.15) is 5.82 Å². The summed E-state index contributed by atoms with van der Waals surface area (Å²) >= 11 is 5.90. The lowest BCUT2D eigenvalue weighted by Gasteiger charge is -2.09. The minimum Gasteiger partial charge on any atom is -0.377 e. The molecule has 0 aliphatic heterocycles. The highest BCUT2D eigenvalue weighted by Gasteiger charge is 2.07. The van der Waals surface area contributed by atoms with Gasteiger partial charge >= 0.3 is 0 Å². The van der Waals surface area contributed by atoms with Crippen LogP contribution in [0.15, 0.2) is 42.5 Å². The largest absolute Gasteiger partial charge is 0.377 e. The Hall–Kier alpha value is -1.87. The molecule has 0 bridgehead atoms. The van der Waals surface area contributed by atoms with E-state index in [2.05, 4.69) is 5.32 Å². The van der Waals surface area contributed by atoms with Crippen LogP contribution >= 0.6 is 11.6 Å². The van der Waals surface area contributed by atoms with Crippen LogP contribution in [0, 0.1) is 12.7 Å². The molecular weight excluding hydrogens is 265 g/mol. The van der Waals surface area contributed by atoms with Crippen molar-refractivity contribution >= 4 is 23.1 Å². The number of ketones is 1. The summed E-state index contributed by atoms with van der Waals surface area (Å²) < 4.78 is 12.8. The number of benzene rings is 2. The Morgan fingerprint density at radius 3 is 2.58 bits per heavy atom. The first-order valence-corrected chi connectivity index (χ1v) is 6.23. The highest BCUT2D eigenvalue weighted by atomic mass is 35.5. The third-order valence-corrected chi connectivity index (χ3v) is 3.04. The maximum atomic E-state index is 12.8. The third-order valence-electron chi connectivity index (χ3n) is 2.81. The SMILES string of the molecule is Cc1ccc(Cl)cc1NCC(=O)c1ccc(F)cc1. The first-order chi connectivity index (χ1) is 9.06. The maximum Gasteiger partial charge on any atom is 0.181 e.